The van der Waals surface area contributed by atoms with E-state index in [1.54, 1.807) is 0 Å². The number of carbonyl (C=O) groups excluding carboxylic acids is 1. The first-order chi connectivity index (χ1) is 10.6. The third-order valence-electron chi connectivity index (χ3n) is 2.84. The van der Waals surface area contributed by atoms with Crippen molar-refractivity contribution in [2.24, 2.45) is 0 Å². The van der Waals surface area contributed by atoms with Crippen molar-refractivity contribution in [3.63, 3.8) is 0 Å². The number of rotatable bonds is 4. The third kappa shape index (κ3) is 7.75. The van der Waals surface area contributed by atoms with Gasteiger partial charge in [-0.05, 0) is 0 Å². The molecular formula is C14H21F3O4S2Sn. The molecule has 1 rings (SSSR count). The zero-order valence-corrected chi connectivity index (χ0v) is 18.5. The molecule has 0 saturated carbocycles. The van der Waals surface area contributed by atoms with Crippen molar-refractivity contribution in [3.05, 3.63) is 35.9 Å². The van der Waals surface area contributed by atoms with E-state index in [1.165, 1.54) is 0 Å². The van der Waals surface area contributed by atoms with Crippen molar-refractivity contribution in [1.29, 1.82) is 0 Å². The Morgan fingerprint density at radius 3 is 1.75 bits per heavy atom. The van der Waals surface area contributed by atoms with Gasteiger partial charge in [0.15, 0.2) is 10.1 Å². The van der Waals surface area contributed by atoms with Gasteiger partial charge >= 0.3 is 112 Å². The first-order valence-electron chi connectivity index (χ1n) is 6.77. The van der Waals surface area contributed by atoms with E-state index in [4.69, 9.17) is 13.0 Å². The van der Waals surface area contributed by atoms with E-state index in [-0.39, 0.29) is 10.9 Å². The Morgan fingerprint density at radius 1 is 1.12 bits per heavy atom. The number of Topliss-reactive ketones (excluding diaryl/α,β-unsaturated/α-hetero) is 1. The molecule has 10 heteroatoms. The molecule has 1 unspecified atom stereocenters. The molecule has 0 saturated heterocycles. The van der Waals surface area contributed by atoms with Gasteiger partial charge in [0.1, 0.15) is 0 Å². The minimum Gasteiger partial charge on any atom is -0.741 e. The van der Waals surface area contributed by atoms with E-state index >= 15 is 0 Å². The summed E-state index contributed by atoms with van der Waals surface area (Å²) in [6, 6.07) is 9.75. The average molecular weight is 493 g/mol. The van der Waals surface area contributed by atoms with Crippen LogP contribution in [0.15, 0.2) is 30.3 Å². The van der Waals surface area contributed by atoms with Gasteiger partial charge in [-0.2, -0.15) is 13.2 Å². The second kappa shape index (κ2) is 8.90. The molecule has 0 N–H and O–H groups in total. The maximum Gasteiger partial charge on any atom is 0.485 e. The van der Waals surface area contributed by atoms with Gasteiger partial charge in [0, 0.05) is 0 Å². The Kier molecular flexibility index (Phi) is 8.81. The summed E-state index contributed by atoms with van der Waals surface area (Å²) in [4.78, 5) is 19.6. The topological polar surface area (TPSA) is 74.3 Å². The number of carbonyl (C=O) groups is 1. The molecular weight excluding hydrogens is 472 g/mol. The maximum absolute atomic E-state index is 12.5. The Labute approximate surface area is 147 Å². The Bertz CT molecular complexity index is 638. The van der Waals surface area contributed by atoms with E-state index in [2.05, 4.69) is 27.3 Å². The molecule has 0 heterocycles. The summed E-state index contributed by atoms with van der Waals surface area (Å²) in [7, 11) is -5.90. The van der Waals surface area contributed by atoms with E-state index in [9.17, 15) is 18.0 Å². The molecule has 0 aliphatic heterocycles. The first kappa shape index (κ1) is 23.7. The minimum absolute atomic E-state index is 0.190. The summed E-state index contributed by atoms with van der Waals surface area (Å²) in [6.07, 6.45) is 4.40. The number of hydrogen-bond acceptors (Lipinski definition) is 4. The quantitative estimate of drug-likeness (QED) is 0.213. The van der Waals surface area contributed by atoms with Gasteiger partial charge in [-0.15, -0.1) is 0 Å². The zero-order valence-electron chi connectivity index (χ0n) is 14.0. The molecule has 1 atom stereocenters. The predicted octanol–water partition coefficient (Wildman–Crippen LogP) is 3.04. The molecule has 1 aromatic rings. The summed E-state index contributed by atoms with van der Waals surface area (Å²) in [5, 5.41) is 0. The summed E-state index contributed by atoms with van der Waals surface area (Å²) in [5.74, 6) is 0.372. The molecule has 138 valence electrons. The van der Waals surface area contributed by atoms with Crippen LogP contribution in [0.25, 0.3) is 0 Å². The molecule has 0 aliphatic carbocycles. The van der Waals surface area contributed by atoms with Crippen LogP contribution < -0.4 is 0 Å². The molecule has 0 fully saturated rings. The number of benzene rings is 1. The van der Waals surface area contributed by atoms with Gasteiger partial charge in [0.2, 0.25) is 0 Å². The standard InChI is InChI=1S/C10H12OS.CHF3O3S.3CH3.Sn/c1-12(2)8-10(11)9-6-4-3-5-7-9;2-1(3,4)8(5,6)7;;;;/h3-8H,1-2H3;(H,5,6,7);3*1H3;/q+1;;;;;/p-1. The summed E-state index contributed by atoms with van der Waals surface area (Å²) in [6.45, 7) is 0. The molecule has 0 amide bonds. The summed E-state index contributed by atoms with van der Waals surface area (Å²) in [5.41, 5.74) is -4.76. The van der Waals surface area contributed by atoms with Gasteiger partial charge < -0.3 is 4.55 Å². The predicted molar refractivity (Wildman–Crippen MR) is 92.9 cm³/mol. The fourth-order valence-corrected chi connectivity index (χ4v) is 18.9. The number of alkyl halides is 3. The van der Waals surface area contributed by atoms with Crippen LogP contribution in [0.2, 0.25) is 14.8 Å². The van der Waals surface area contributed by atoms with Gasteiger partial charge in [-0.3, -0.25) is 0 Å². The Hall–Kier alpha value is -0.261. The van der Waals surface area contributed by atoms with Crippen LogP contribution in [0.1, 0.15) is 10.4 Å². The van der Waals surface area contributed by atoms with Crippen LogP contribution in [0.5, 0.6) is 0 Å². The number of ketones is 1. The van der Waals surface area contributed by atoms with Crippen molar-refractivity contribution >= 4 is 45.2 Å². The summed E-state index contributed by atoms with van der Waals surface area (Å²) >= 11 is -2.18. The van der Waals surface area contributed by atoms with Crippen LogP contribution in [0.3, 0.4) is 0 Å². The maximum atomic E-state index is 12.5. The number of halogens is 3. The first-order valence-corrected chi connectivity index (χ1v) is 20.5. The second-order valence-corrected chi connectivity index (χ2v) is 26.2. The van der Waals surface area contributed by atoms with Crippen LogP contribution >= 0.6 is 0 Å². The SMILES string of the molecule is C[S+](C)[CH](C(=O)c1ccccc1)[Sn]([CH3])([CH3])[CH3].O=S(=O)([O-])C(F)(F)F. The van der Waals surface area contributed by atoms with Crippen molar-refractivity contribution in [2.45, 2.75) is 23.6 Å². The van der Waals surface area contributed by atoms with Gasteiger partial charge in [0.05, 0.1) is 0 Å². The van der Waals surface area contributed by atoms with Crippen molar-refractivity contribution in [3.8, 4) is 0 Å². The van der Waals surface area contributed by atoms with Crippen molar-refractivity contribution < 1.29 is 30.9 Å². The van der Waals surface area contributed by atoms with Gasteiger partial charge in [-0.1, -0.05) is 0 Å². The fourth-order valence-electron chi connectivity index (χ4n) is 2.07. The third-order valence-corrected chi connectivity index (χ3v) is 18.6. The molecule has 24 heavy (non-hydrogen) atoms. The Balaban J connectivity index is 0.000000561. The Morgan fingerprint density at radius 2 is 1.50 bits per heavy atom. The fraction of sp³-hybridized carbons (Fsp3) is 0.500. The minimum atomic E-state index is -6.09. The normalized spacial score (nSPS) is 13.9. The molecule has 4 nitrogen and oxygen atoms in total. The molecule has 0 bridgehead atoms. The average Bonchev–Trinajstić information content (AvgIpc) is 2.35. The van der Waals surface area contributed by atoms with Crippen molar-refractivity contribution in [1.82, 2.24) is 0 Å². The van der Waals surface area contributed by atoms with E-state index in [1.807, 2.05) is 30.3 Å². The van der Waals surface area contributed by atoms with E-state index in [0.29, 0.717) is 9.05 Å². The smallest absolute Gasteiger partial charge is 0.485 e. The zero-order chi connectivity index (χ0) is 19.3. The molecule has 0 spiro atoms. The van der Waals surface area contributed by atoms with Crippen LogP contribution in [0.4, 0.5) is 13.2 Å². The monoisotopic (exact) mass is 494 g/mol. The largest absolute Gasteiger partial charge is 0.741 e. The van der Waals surface area contributed by atoms with E-state index < -0.39 is 34.0 Å². The molecule has 0 aromatic heterocycles. The van der Waals surface area contributed by atoms with Crippen LogP contribution in [-0.4, -0.2) is 58.4 Å². The number of hydrogen-bond donors (Lipinski definition) is 0. The molecule has 1 aromatic carbocycles. The van der Waals surface area contributed by atoms with Gasteiger partial charge in [-0.25, -0.2) is 8.42 Å². The molecule has 0 aliphatic rings. The van der Waals surface area contributed by atoms with Crippen molar-refractivity contribution in [2.75, 3.05) is 12.5 Å². The summed E-state index contributed by atoms with van der Waals surface area (Å²) < 4.78 is 59.2. The van der Waals surface area contributed by atoms with Crippen LogP contribution in [-0.2, 0) is 21.0 Å². The van der Waals surface area contributed by atoms with E-state index in [0.717, 1.165) is 5.56 Å². The molecule has 0 radical (unpaired) electrons. The van der Waals surface area contributed by atoms with Gasteiger partial charge in [0.25, 0.3) is 0 Å². The second-order valence-electron chi connectivity index (χ2n) is 6.26. The van der Waals surface area contributed by atoms with Crippen LogP contribution in [0, 0.1) is 0 Å².